The molecule has 1 aliphatic heterocycles. The first kappa shape index (κ1) is 25.9. The van der Waals surface area contributed by atoms with E-state index in [0.717, 1.165) is 30.7 Å². The molecule has 1 aliphatic carbocycles. The van der Waals surface area contributed by atoms with Gasteiger partial charge in [-0.3, -0.25) is 14.2 Å². The fourth-order valence-corrected chi connectivity index (χ4v) is 5.74. The first-order valence-electron chi connectivity index (χ1n) is 11.4. The maximum absolute atomic E-state index is 13.4. The standard InChI is InChI=1S/C23H29N5O6S2/c1-23(2,3)11-12-28-22(30)18(20(29)19(25-28)14-7-5-6-8-14)21-24-16-10-9-15(26-35(4,31)32)13-17(16)36(33,34)27-21/h7,9-10,13,26,29H,5-6,8,11-12H2,1-4H3,(H,24,27). The second kappa shape index (κ2) is 9.04. The van der Waals surface area contributed by atoms with Gasteiger partial charge in [0.1, 0.15) is 16.2 Å². The van der Waals surface area contributed by atoms with Crippen LogP contribution >= 0.6 is 0 Å². The van der Waals surface area contributed by atoms with Crippen molar-refractivity contribution in [1.82, 2.24) is 14.5 Å². The van der Waals surface area contributed by atoms with Crippen LogP contribution in [0.3, 0.4) is 0 Å². The van der Waals surface area contributed by atoms with Crippen LogP contribution in [0, 0.1) is 5.41 Å². The third-order valence-corrected chi connectivity index (χ3v) is 7.78. The van der Waals surface area contributed by atoms with Gasteiger partial charge in [-0.1, -0.05) is 26.8 Å². The van der Waals surface area contributed by atoms with Gasteiger partial charge in [0.2, 0.25) is 10.0 Å². The zero-order chi connectivity index (χ0) is 26.5. The largest absolute Gasteiger partial charge is 0.505 e. The third kappa shape index (κ3) is 5.46. The first-order chi connectivity index (χ1) is 16.6. The Labute approximate surface area is 210 Å². The van der Waals surface area contributed by atoms with Crippen molar-refractivity contribution in [3.05, 3.63) is 45.9 Å². The Morgan fingerprint density at radius 3 is 2.58 bits per heavy atom. The molecule has 0 amide bonds. The van der Waals surface area contributed by atoms with Gasteiger partial charge in [-0.25, -0.2) is 26.5 Å². The molecule has 0 radical (unpaired) electrons. The number of amidine groups is 1. The molecule has 0 fully saturated rings. The lowest BCUT2D eigenvalue weighted by molar-refractivity contribution is 0.334. The number of sulfonamides is 2. The molecule has 0 saturated heterocycles. The number of hydrogen-bond acceptors (Lipinski definition) is 8. The number of nitrogens with zero attached hydrogens (tertiary/aromatic N) is 3. The van der Waals surface area contributed by atoms with Crippen molar-refractivity contribution in [2.45, 2.75) is 57.9 Å². The van der Waals surface area contributed by atoms with Gasteiger partial charge in [-0.05, 0) is 54.9 Å². The fraction of sp³-hybridized carbons (Fsp3) is 0.435. The van der Waals surface area contributed by atoms with Crippen molar-refractivity contribution in [1.29, 1.82) is 0 Å². The number of aryl methyl sites for hydroxylation is 1. The predicted octanol–water partition coefficient (Wildman–Crippen LogP) is 2.69. The fourth-order valence-electron chi connectivity index (χ4n) is 4.00. The Balaban J connectivity index is 1.88. The van der Waals surface area contributed by atoms with Gasteiger partial charge in [-0.15, -0.1) is 0 Å². The maximum atomic E-state index is 13.4. The van der Waals surface area contributed by atoms with Gasteiger partial charge in [0.25, 0.3) is 15.6 Å². The Morgan fingerprint density at radius 1 is 1.25 bits per heavy atom. The number of fused-ring (bicyclic) bond motifs is 1. The number of allylic oxidation sites excluding steroid dienone is 2. The molecule has 11 nitrogen and oxygen atoms in total. The molecule has 0 unspecified atom stereocenters. The summed E-state index contributed by atoms with van der Waals surface area (Å²) in [5.41, 5.74) is 0.0276. The summed E-state index contributed by atoms with van der Waals surface area (Å²) in [5, 5.41) is 15.5. The number of anilines is 1. The number of aromatic nitrogens is 2. The lowest BCUT2D eigenvalue weighted by atomic mass is 9.92. The lowest BCUT2D eigenvalue weighted by Crippen LogP contribution is -2.40. The van der Waals surface area contributed by atoms with Crippen LogP contribution in [0.4, 0.5) is 11.4 Å². The number of benzene rings is 1. The van der Waals surface area contributed by atoms with Gasteiger partial charge in [0, 0.05) is 12.2 Å². The molecule has 1 aromatic carbocycles. The predicted molar refractivity (Wildman–Crippen MR) is 137 cm³/mol. The summed E-state index contributed by atoms with van der Waals surface area (Å²) in [6.07, 6.45) is 5.90. The van der Waals surface area contributed by atoms with Gasteiger partial charge >= 0.3 is 0 Å². The van der Waals surface area contributed by atoms with E-state index in [2.05, 4.69) is 19.5 Å². The van der Waals surface area contributed by atoms with Crippen LogP contribution in [-0.4, -0.2) is 43.8 Å². The van der Waals surface area contributed by atoms with Gasteiger partial charge in [0.05, 0.1) is 11.9 Å². The van der Waals surface area contributed by atoms with E-state index in [4.69, 9.17) is 0 Å². The Bertz CT molecular complexity index is 1570. The van der Waals surface area contributed by atoms with E-state index in [0.29, 0.717) is 12.8 Å². The summed E-state index contributed by atoms with van der Waals surface area (Å²) >= 11 is 0. The number of nitrogens with one attached hydrogen (secondary N) is 2. The van der Waals surface area contributed by atoms with Crippen LogP contribution in [0.25, 0.3) is 5.57 Å². The van der Waals surface area contributed by atoms with Crippen LogP contribution in [0.1, 0.15) is 57.7 Å². The zero-order valence-corrected chi connectivity index (χ0v) is 22.1. The molecular weight excluding hydrogens is 506 g/mol. The molecule has 2 aliphatic rings. The van der Waals surface area contributed by atoms with E-state index < -0.39 is 31.4 Å². The molecule has 1 aromatic heterocycles. The van der Waals surface area contributed by atoms with E-state index >= 15 is 0 Å². The van der Waals surface area contributed by atoms with Crippen molar-refractivity contribution >= 4 is 42.8 Å². The van der Waals surface area contributed by atoms with Crippen LogP contribution in [-0.2, 0) is 26.6 Å². The van der Waals surface area contributed by atoms with Crippen molar-refractivity contribution in [3.63, 3.8) is 0 Å². The van der Waals surface area contributed by atoms with E-state index in [-0.39, 0.29) is 45.3 Å². The van der Waals surface area contributed by atoms with E-state index in [1.54, 1.807) is 0 Å². The Morgan fingerprint density at radius 2 is 1.97 bits per heavy atom. The van der Waals surface area contributed by atoms with Crippen LogP contribution in [0.2, 0.25) is 0 Å². The molecule has 0 spiro atoms. The van der Waals surface area contributed by atoms with Crippen molar-refractivity contribution < 1.29 is 21.9 Å². The van der Waals surface area contributed by atoms with Crippen LogP contribution in [0.5, 0.6) is 5.75 Å². The number of aromatic hydroxyl groups is 1. The van der Waals surface area contributed by atoms with E-state index in [1.807, 2.05) is 26.8 Å². The highest BCUT2D eigenvalue weighted by Gasteiger charge is 2.32. The molecule has 13 heteroatoms. The summed E-state index contributed by atoms with van der Waals surface area (Å²) in [5.74, 6) is -0.749. The summed E-state index contributed by atoms with van der Waals surface area (Å²) in [7, 11) is -7.87. The molecule has 0 bridgehead atoms. The highest BCUT2D eigenvalue weighted by atomic mass is 32.2. The van der Waals surface area contributed by atoms with E-state index in [9.17, 15) is 26.7 Å². The average Bonchev–Trinajstić information content (AvgIpc) is 3.26. The molecule has 2 aromatic rings. The summed E-state index contributed by atoms with van der Waals surface area (Å²) < 4.78 is 55.0. The van der Waals surface area contributed by atoms with Crippen LogP contribution < -0.4 is 15.0 Å². The minimum atomic E-state index is -4.24. The quantitative estimate of drug-likeness (QED) is 0.513. The summed E-state index contributed by atoms with van der Waals surface area (Å²) in [6, 6.07) is 3.84. The van der Waals surface area contributed by atoms with Gasteiger partial charge < -0.3 is 5.11 Å². The normalized spacial score (nSPS) is 17.1. The monoisotopic (exact) mass is 535 g/mol. The van der Waals surface area contributed by atoms with Crippen molar-refractivity contribution in [2.24, 2.45) is 10.4 Å². The van der Waals surface area contributed by atoms with E-state index in [1.165, 1.54) is 16.8 Å². The number of hydrogen-bond donors (Lipinski definition) is 3. The van der Waals surface area contributed by atoms with Gasteiger partial charge in [0.15, 0.2) is 11.6 Å². The molecule has 2 heterocycles. The van der Waals surface area contributed by atoms with Crippen molar-refractivity contribution in [3.8, 4) is 5.75 Å². The Kier molecular flexibility index (Phi) is 6.50. The summed E-state index contributed by atoms with van der Waals surface area (Å²) in [6.45, 7) is 6.36. The lowest BCUT2D eigenvalue weighted by Gasteiger charge is -2.22. The minimum absolute atomic E-state index is 0.00119. The molecule has 194 valence electrons. The minimum Gasteiger partial charge on any atom is -0.505 e. The molecule has 36 heavy (non-hydrogen) atoms. The van der Waals surface area contributed by atoms with Gasteiger partial charge in [-0.2, -0.15) is 5.10 Å². The summed E-state index contributed by atoms with van der Waals surface area (Å²) in [4.78, 5) is 17.5. The van der Waals surface area contributed by atoms with Crippen LogP contribution in [0.15, 0.2) is 39.0 Å². The maximum Gasteiger partial charge on any atom is 0.281 e. The number of rotatable bonds is 6. The SMILES string of the molecule is CC(C)(C)CCn1nc(C2=CCCC2)c(O)c(C2=Nc3ccc(NS(C)(=O)=O)cc3S(=O)(=O)N2)c1=O. The highest BCUT2D eigenvalue weighted by Crippen LogP contribution is 2.36. The Hall–Kier alpha value is -3.19. The number of aliphatic imine (C=N–C) groups is 1. The molecule has 3 N–H and O–H groups in total. The molecular formula is C23H29N5O6S2. The smallest absolute Gasteiger partial charge is 0.281 e. The molecule has 4 rings (SSSR count). The molecule has 0 saturated carbocycles. The highest BCUT2D eigenvalue weighted by molar-refractivity contribution is 7.92. The average molecular weight is 536 g/mol. The first-order valence-corrected chi connectivity index (χ1v) is 14.8. The molecule has 0 atom stereocenters. The zero-order valence-electron chi connectivity index (χ0n) is 20.5. The third-order valence-electron chi connectivity index (χ3n) is 5.80. The topological polar surface area (TPSA) is 160 Å². The second-order valence-electron chi connectivity index (χ2n) is 10.2. The van der Waals surface area contributed by atoms with Crippen molar-refractivity contribution in [2.75, 3.05) is 11.0 Å². The second-order valence-corrected chi connectivity index (χ2v) is 13.6.